The van der Waals surface area contributed by atoms with Gasteiger partial charge in [-0.1, -0.05) is 52.9 Å². The van der Waals surface area contributed by atoms with Gasteiger partial charge in [-0.2, -0.15) is 0 Å². The molecule has 0 rings (SSSR count). The van der Waals surface area contributed by atoms with Crippen LogP contribution in [0.15, 0.2) is 0 Å². The maximum absolute atomic E-state index is 3.73. The molecule has 0 radical (unpaired) electrons. The van der Waals surface area contributed by atoms with Gasteiger partial charge in [-0.05, 0) is 39.0 Å². The fraction of sp³-hybridized carbons (Fsp3) is 1.00. The van der Waals surface area contributed by atoms with Crippen molar-refractivity contribution in [3.8, 4) is 0 Å². The molecule has 0 aliphatic carbocycles. The van der Waals surface area contributed by atoms with Gasteiger partial charge in [0.05, 0.1) is 0 Å². The lowest BCUT2D eigenvalue weighted by atomic mass is 10.0. The van der Waals surface area contributed by atoms with Gasteiger partial charge in [0.15, 0.2) is 0 Å². The lowest BCUT2D eigenvalue weighted by molar-refractivity contribution is 0.391. The van der Waals surface area contributed by atoms with E-state index >= 15 is 0 Å². The summed E-state index contributed by atoms with van der Waals surface area (Å²) in [6, 6.07) is 1.38. The fourth-order valence-corrected chi connectivity index (χ4v) is 2.29. The number of nitrogens with one attached hydrogen (secondary N) is 1. The molecule has 0 bridgehead atoms. The highest BCUT2D eigenvalue weighted by Crippen LogP contribution is 2.10. The molecular weight excluding hydrogens is 206 g/mol. The predicted octanol–water partition coefficient (Wildman–Crippen LogP) is 5.15. The van der Waals surface area contributed by atoms with Gasteiger partial charge in [0.1, 0.15) is 0 Å². The van der Waals surface area contributed by atoms with Crippen LogP contribution in [0, 0.1) is 5.92 Å². The highest BCUT2D eigenvalue weighted by atomic mass is 14.9. The molecule has 1 heteroatoms. The van der Waals surface area contributed by atoms with Crippen molar-refractivity contribution in [1.82, 2.24) is 5.32 Å². The van der Waals surface area contributed by atoms with Gasteiger partial charge in [-0.3, -0.25) is 0 Å². The molecule has 0 aromatic heterocycles. The van der Waals surface area contributed by atoms with Crippen LogP contribution in [0.5, 0.6) is 0 Å². The van der Waals surface area contributed by atoms with E-state index in [1.807, 2.05) is 0 Å². The molecule has 0 spiro atoms. The van der Waals surface area contributed by atoms with Crippen LogP contribution >= 0.6 is 0 Å². The van der Waals surface area contributed by atoms with Crippen LogP contribution in [0.4, 0.5) is 0 Å². The smallest absolute Gasteiger partial charge is 0.00413 e. The first kappa shape index (κ1) is 17.0. The van der Waals surface area contributed by atoms with Crippen LogP contribution in [0.2, 0.25) is 0 Å². The molecule has 0 aliphatic heterocycles. The third-order valence-corrected chi connectivity index (χ3v) is 3.49. The quantitative estimate of drug-likeness (QED) is 0.493. The molecule has 0 saturated carbocycles. The first-order valence-electron chi connectivity index (χ1n) is 7.82. The van der Waals surface area contributed by atoms with Gasteiger partial charge >= 0.3 is 0 Å². The zero-order valence-electron chi connectivity index (χ0n) is 12.9. The summed E-state index contributed by atoms with van der Waals surface area (Å²) >= 11 is 0. The zero-order chi connectivity index (χ0) is 13.1. The molecule has 2 atom stereocenters. The third-order valence-electron chi connectivity index (χ3n) is 3.49. The molecule has 0 fully saturated rings. The number of unbranched alkanes of at least 4 members (excludes halogenated alkanes) is 4. The Morgan fingerprint density at radius 2 is 1.29 bits per heavy atom. The molecule has 2 unspecified atom stereocenters. The Labute approximate surface area is 110 Å². The fourth-order valence-electron chi connectivity index (χ4n) is 2.29. The SMILES string of the molecule is CCCCCCCC(C)NC(C)CCC(C)C. The lowest BCUT2D eigenvalue weighted by Gasteiger charge is -2.20. The van der Waals surface area contributed by atoms with Crippen molar-refractivity contribution in [2.75, 3.05) is 0 Å². The molecule has 0 heterocycles. The van der Waals surface area contributed by atoms with Crippen molar-refractivity contribution in [3.63, 3.8) is 0 Å². The minimum absolute atomic E-state index is 0.683. The lowest BCUT2D eigenvalue weighted by Crippen LogP contribution is -2.34. The Morgan fingerprint density at radius 1 is 0.706 bits per heavy atom. The van der Waals surface area contributed by atoms with Crippen LogP contribution in [0.1, 0.15) is 86.0 Å². The number of hydrogen-bond donors (Lipinski definition) is 1. The zero-order valence-corrected chi connectivity index (χ0v) is 12.9. The van der Waals surface area contributed by atoms with E-state index in [1.54, 1.807) is 0 Å². The van der Waals surface area contributed by atoms with Crippen LogP contribution in [0.3, 0.4) is 0 Å². The monoisotopic (exact) mass is 241 g/mol. The summed E-state index contributed by atoms with van der Waals surface area (Å²) in [6.45, 7) is 11.6. The first-order valence-corrected chi connectivity index (χ1v) is 7.82. The standard InChI is InChI=1S/C16H35N/c1-6-7-8-9-10-11-15(4)17-16(5)13-12-14(2)3/h14-17H,6-13H2,1-5H3. The van der Waals surface area contributed by atoms with Crippen LogP contribution in [-0.4, -0.2) is 12.1 Å². The first-order chi connectivity index (χ1) is 8.06. The van der Waals surface area contributed by atoms with Crippen molar-refractivity contribution in [2.45, 2.75) is 98.1 Å². The summed E-state index contributed by atoms with van der Waals surface area (Å²) < 4.78 is 0. The highest BCUT2D eigenvalue weighted by molar-refractivity contribution is 4.68. The van der Waals surface area contributed by atoms with E-state index < -0.39 is 0 Å². The van der Waals surface area contributed by atoms with Crippen molar-refractivity contribution in [1.29, 1.82) is 0 Å². The van der Waals surface area contributed by atoms with Crippen molar-refractivity contribution in [3.05, 3.63) is 0 Å². The molecular formula is C16H35N. The number of hydrogen-bond acceptors (Lipinski definition) is 1. The average molecular weight is 241 g/mol. The highest BCUT2D eigenvalue weighted by Gasteiger charge is 2.07. The van der Waals surface area contributed by atoms with Crippen LogP contribution < -0.4 is 5.32 Å². The average Bonchev–Trinajstić information content (AvgIpc) is 2.26. The second-order valence-electron chi connectivity index (χ2n) is 6.14. The summed E-state index contributed by atoms with van der Waals surface area (Å²) in [5.74, 6) is 0.837. The Kier molecular flexibility index (Phi) is 11.0. The normalized spacial score (nSPS) is 15.2. The molecule has 0 aliphatic rings. The van der Waals surface area contributed by atoms with E-state index in [1.165, 1.54) is 51.4 Å². The van der Waals surface area contributed by atoms with Gasteiger partial charge in [-0.15, -0.1) is 0 Å². The Hall–Kier alpha value is -0.0400. The minimum atomic E-state index is 0.683. The molecule has 1 nitrogen and oxygen atoms in total. The van der Waals surface area contributed by atoms with Gasteiger partial charge in [0, 0.05) is 12.1 Å². The molecule has 1 N–H and O–H groups in total. The molecule has 0 amide bonds. The van der Waals surface area contributed by atoms with E-state index in [0.29, 0.717) is 12.1 Å². The maximum Gasteiger partial charge on any atom is 0.00413 e. The van der Waals surface area contributed by atoms with Crippen molar-refractivity contribution in [2.24, 2.45) is 5.92 Å². The molecule has 0 saturated heterocycles. The summed E-state index contributed by atoms with van der Waals surface area (Å²) in [6.07, 6.45) is 11.0. The Bertz CT molecular complexity index is 154. The Morgan fingerprint density at radius 3 is 1.88 bits per heavy atom. The Balaban J connectivity index is 3.40. The van der Waals surface area contributed by atoms with Crippen LogP contribution in [-0.2, 0) is 0 Å². The summed E-state index contributed by atoms with van der Waals surface area (Å²) in [5.41, 5.74) is 0. The summed E-state index contributed by atoms with van der Waals surface area (Å²) in [7, 11) is 0. The van der Waals surface area contributed by atoms with Crippen molar-refractivity contribution < 1.29 is 0 Å². The van der Waals surface area contributed by atoms with Gasteiger partial charge in [0.2, 0.25) is 0 Å². The van der Waals surface area contributed by atoms with E-state index in [0.717, 1.165) is 5.92 Å². The molecule has 104 valence electrons. The van der Waals surface area contributed by atoms with E-state index in [4.69, 9.17) is 0 Å². The molecule has 0 aromatic carbocycles. The molecule has 17 heavy (non-hydrogen) atoms. The molecule has 0 aromatic rings. The van der Waals surface area contributed by atoms with Gasteiger partial charge in [0.25, 0.3) is 0 Å². The number of rotatable bonds is 11. The second kappa shape index (κ2) is 11.1. The largest absolute Gasteiger partial charge is 0.312 e. The second-order valence-corrected chi connectivity index (χ2v) is 6.14. The predicted molar refractivity (Wildman–Crippen MR) is 79.5 cm³/mol. The van der Waals surface area contributed by atoms with E-state index in [9.17, 15) is 0 Å². The summed E-state index contributed by atoms with van der Waals surface area (Å²) in [4.78, 5) is 0. The maximum atomic E-state index is 3.73. The van der Waals surface area contributed by atoms with Gasteiger partial charge < -0.3 is 5.32 Å². The van der Waals surface area contributed by atoms with Crippen molar-refractivity contribution >= 4 is 0 Å². The summed E-state index contributed by atoms with van der Waals surface area (Å²) in [5, 5.41) is 3.73. The minimum Gasteiger partial charge on any atom is -0.312 e. The topological polar surface area (TPSA) is 12.0 Å². The third kappa shape index (κ3) is 12.2. The van der Waals surface area contributed by atoms with E-state index in [2.05, 4.69) is 39.9 Å². The van der Waals surface area contributed by atoms with Crippen LogP contribution in [0.25, 0.3) is 0 Å². The van der Waals surface area contributed by atoms with E-state index in [-0.39, 0.29) is 0 Å². The van der Waals surface area contributed by atoms with Gasteiger partial charge in [-0.25, -0.2) is 0 Å².